The molecule has 1 atom stereocenters. The standard InChI is InChI=1S/C12H16N2O2/c13-11-3-1-10(2-4-11)5-6-14-7-8-16-12(14)9-15/h1-4,9,12H,5-8,13H2. The monoisotopic (exact) mass is 220 g/mol. The molecule has 0 aromatic heterocycles. The summed E-state index contributed by atoms with van der Waals surface area (Å²) in [4.78, 5) is 12.7. The van der Waals surface area contributed by atoms with Crippen LogP contribution in [0.25, 0.3) is 0 Å². The Kier molecular flexibility index (Phi) is 3.54. The Bertz CT molecular complexity index is 351. The highest BCUT2D eigenvalue weighted by molar-refractivity contribution is 5.55. The van der Waals surface area contributed by atoms with E-state index < -0.39 is 0 Å². The van der Waals surface area contributed by atoms with Crippen LogP contribution in [0.3, 0.4) is 0 Å². The van der Waals surface area contributed by atoms with Crippen molar-refractivity contribution < 1.29 is 9.53 Å². The van der Waals surface area contributed by atoms with Gasteiger partial charge in [-0.1, -0.05) is 12.1 Å². The zero-order chi connectivity index (χ0) is 11.4. The van der Waals surface area contributed by atoms with Crippen molar-refractivity contribution in [2.75, 3.05) is 25.4 Å². The van der Waals surface area contributed by atoms with Gasteiger partial charge < -0.3 is 10.5 Å². The maximum atomic E-state index is 10.7. The van der Waals surface area contributed by atoms with Gasteiger partial charge in [0.25, 0.3) is 0 Å². The van der Waals surface area contributed by atoms with Crippen LogP contribution in [-0.4, -0.2) is 37.1 Å². The van der Waals surface area contributed by atoms with Crippen molar-refractivity contribution in [1.82, 2.24) is 4.90 Å². The number of rotatable bonds is 4. The van der Waals surface area contributed by atoms with Crippen LogP contribution in [0.4, 0.5) is 5.69 Å². The van der Waals surface area contributed by atoms with Crippen molar-refractivity contribution in [2.24, 2.45) is 0 Å². The third-order valence-electron chi connectivity index (χ3n) is 2.81. The molecule has 0 radical (unpaired) electrons. The second kappa shape index (κ2) is 5.09. The maximum absolute atomic E-state index is 10.7. The lowest BCUT2D eigenvalue weighted by Crippen LogP contribution is -2.33. The SMILES string of the molecule is Nc1ccc(CCN2CCOC2C=O)cc1. The molecular formula is C12H16N2O2. The number of nitrogens with two attached hydrogens (primary N) is 1. The third-order valence-corrected chi connectivity index (χ3v) is 2.81. The lowest BCUT2D eigenvalue weighted by atomic mass is 10.1. The van der Waals surface area contributed by atoms with Crippen molar-refractivity contribution in [3.8, 4) is 0 Å². The number of benzene rings is 1. The first-order valence-electron chi connectivity index (χ1n) is 5.45. The average molecular weight is 220 g/mol. The normalized spacial score (nSPS) is 21.1. The van der Waals surface area contributed by atoms with Crippen molar-refractivity contribution in [1.29, 1.82) is 0 Å². The highest BCUT2D eigenvalue weighted by Crippen LogP contribution is 2.11. The molecule has 1 aromatic carbocycles. The molecule has 4 heteroatoms. The van der Waals surface area contributed by atoms with Crippen LogP contribution >= 0.6 is 0 Å². The van der Waals surface area contributed by atoms with Gasteiger partial charge in [0.1, 0.15) is 0 Å². The van der Waals surface area contributed by atoms with Crippen LogP contribution in [-0.2, 0) is 16.0 Å². The van der Waals surface area contributed by atoms with Crippen LogP contribution in [0.1, 0.15) is 5.56 Å². The van der Waals surface area contributed by atoms with E-state index >= 15 is 0 Å². The highest BCUT2D eigenvalue weighted by atomic mass is 16.5. The molecule has 0 bridgehead atoms. The summed E-state index contributed by atoms with van der Waals surface area (Å²) in [6.07, 6.45) is 1.41. The van der Waals surface area contributed by atoms with Crippen LogP contribution in [0.2, 0.25) is 0 Å². The zero-order valence-corrected chi connectivity index (χ0v) is 9.13. The van der Waals surface area contributed by atoms with Gasteiger partial charge in [-0.15, -0.1) is 0 Å². The maximum Gasteiger partial charge on any atom is 0.167 e. The molecule has 1 saturated heterocycles. The van der Waals surface area contributed by atoms with Gasteiger partial charge in [-0.25, -0.2) is 0 Å². The molecule has 1 fully saturated rings. The van der Waals surface area contributed by atoms with E-state index in [9.17, 15) is 4.79 Å². The predicted octanol–water partition coefficient (Wildman–Crippen LogP) is 0.668. The van der Waals surface area contributed by atoms with Crippen LogP contribution < -0.4 is 5.73 Å². The molecule has 0 aliphatic carbocycles. The lowest BCUT2D eigenvalue weighted by molar-refractivity contribution is -0.121. The number of anilines is 1. The molecule has 2 rings (SSSR count). The van der Waals surface area contributed by atoms with Crippen LogP contribution in [0, 0.1) is 0 Å². The molecule has 4 nitrogen and oxygen atoms in total. The summed E-state index contributed by atoms with van der Waals surface area (Å²) in [7, 11) is 0. The molecule has 0 saturated carbocycles. The summed E-state index contributed by atoms with van der Waals surface area (Å²) in [6.45, 7) is 2.32. The second-order valence-electron chi connectivity index (χ2n) is 3.92. The molecule has 0 spiro atoms. The van der Waals surface area contributed by atoms with E-state index in [1.165, 1.54) is 5.56 Å². The van der Waals surface area contributed by atoms with Crippen LogP contribution in [0.5, 0.6) is 0 Å². The number of hydrogen-bond donors (Lipinski definition) is 1. The Balaban J connectivity index is 1.87. The summed E-state index contributed by atoms with van der Waals surface area (Å²) in [5.74, 6) is 0. The first-order valence-corrected chi connectivity index (χ1v) is 5.45. The molecule has 0 amide bonds. The van der Waals surface area contributed by atoms with Gasteiger partial charge >= 0.3 is 0 Å². The fourth-order valence-corrected chi connectivity index (χ4v) is 1.84. The average Bonchev–Trinajstić information content (AvgIpc) is 2.76. The molecule has 2 N–H and O–H groups in total. The minimum absolute atomic E-state index is 0.353. The van der Waals surface area contributed by atoms with E-state index in [2.05, 4.69) is 0 Å². The second-order valence-corrected chi connectivity index (χ2v) is 3.92. The van der Waals surface area contributed by atoms with Gasteiger partial charge in [0, 0.05) is 18.8 Å². The molecular weight excluding hydrogens is 204 g/mol. The number of carbonyl (C=O) groups excluding carboxylic acids is 1. The van der Waals surface area contributed by atoms with E-state index in [-0.39, 0.29) is 6.23 Å². The largest absolute Gasteiger partial charge is 0.399 e. The van der Waals surface area contributed by atoms with E-state index in [0.717, 1.165) is 31.5 Å². The van der Waals surface area contributed by atoms with E-state index in [1.807, 2.05) is 29.2 Å². The summed E-state index contributed by atoms with van der Waals surface area (Å²) in [5.41, 5.74) is 7.62. The zero-order valence-electron chi connectivity index (χ0n) is 9.13. The first-order chi connectivity index (χ1) is 7.79. The number of aldehydes is 1. The van der Waals surface area contributed by atoms with Crippen molar-refractivity contribution in [3.63, 3.8) is 0 Å². The summed E-state index contributed by atoms with van der Waals surface area (Å²) in [5, 5.41) is 0. The number of nitrogen functional groups attached to an aromatic ring is 1. The fraction of sp³-hybridized carbons (Fsp3) is 0.417. The number of carbonyl (C=O) groups is 1. The fourth-order valence-electron chi connectivity index (χ4n) is 1.84. The summed E-state index contributed by atoms with van der Waals surface area (Å²) >= 11 is 0. The number of hydrogen-bond acceptors (Lipinski definition) is 4. The van der Waals surface area contributed by atoms with Gasteiger partial charge in [-0.3, -0.25) is 9.69 Å². The summed E-state index contributed by atoms with van der Waals surface area (Å²) in [6, 6.07) is 7.82. The summed E-state index contributed by atoms with van der Waals surface area (Å²) < 4.78 is 5.26. The predicted molar refractivity (Wildman–Crippen MR) is 61.9 cm³/mol. The first kappa shape index (κ1) is 11.1. The topological polar surface area (TPSA) is 55.6 Å². The molecule has 86 valence electrons. The van der Waals surface area contributed by atoms with Crippen molar-refractivity contribution in [2.45, 2.75) is 12.6 Å². The van der Waals surface area contributed by atoms with Gasteiger partial charge in [-0.05, 0) is 24.1 Å². The smallest absolute Gasteiger partial charge is 0.167 e. The highest BCUT2D eigenvalue weighted by Gasteiger charge is 2.23. The van der Waals surface area contributed by atoms with Gasteiger partial charge in [0.15, 0.2) is 12.5 Å². The van der Waals surface area contributed by atoms with Gasteiger partial charge in [-0.2, -0.15) is 0 Å². The van der Waals surface area contributed by atoms with E-state index in [0.29, 0.717) is 6.61 Å². The minimum Gasteiger partial charge on any atom is -0.399 e. The minimum atomic E-state index is -0.353. The Morgan fingerprint density at radius 2 is 2.19 bits per heavy atom. The molecule has 1 aromatic rings. The Morgan fingerprint density at radius 3 is 2.88 bits per heavy atom. The van der Waals surface area contributed by atoms with E-state index in [1.54, 1.807) is 0 Å². The third kappa shape index (κ3) is 2.59. The molecule has 1 aliphatic heterocycles. The Labute approximate surface area is 95.0 Å². The Hall–Kier alpha value is -1.39. The van der Waals surface area contributed by atoms with Crippen molar-refractivity contribution >= 4 is 12.0 Å². The molecule has 16 heavy (non-hydrogen) atoms. The Morgan fingerprint density at radius 1 is 1.44 bits per heavy atom. The lowest BCUT2D eigenvalue weighted by Gasteiger charge is -2.17. The quantitative estimate of drug-likeness (QED) is 0.598. The molecule has 1 heterocycles. The van der Waals surface area contributed by atoms with Gasteiger partial charge in [0.05, 0.1) is 6.61 Å². The van der Waals surface area contributed by atoms with E-state index in [4.69, 9.17) is 10.5 Å². The van der Waals surface area contributed by atoms with Crippen molar-refractivity contribution in [3.05, 3.63) is 29.8 Å². The van der Waals surface area contributed by atoms with Gasteiger partial charge in [0.2, 0.25) is 0 Å². The van der Waals surface area contributed by atoms with Crippen LogP contribution in [0.15, 0.2) is 24.3 Å². The molecule has 1 unspecified atom stereocenters. The number of ether oxygens (including phenoxy) is 1. The number of nitrogens with zero attached hydrogens (tertiary/aromatic N) is 1. The molecule has 1 aliphatic rings.